The molecule has 0 aliphatic rings. The highest BCUT2D eigenvalue weighted by atomic mass is 32.2. The zero-order valence-corrected chi connectivity index (χ0v) is 19.2. The summed E-state index contributed by atoms with van der Waals surface area (Å²) in [4.78, 5) is 12.1. The van der Waals surface area contributed by atoms with Gasteiger partial charge in [0.05, 0.1) is 39.7 Å². The number of nitrogens with one attached hydrogen (secondary N) is 1. The maximum atomic E-state index is 12.1. The number of nitrogens with two attached hydrogens (primary N) is 1. The molecule has 0 atom stereocenters. The van der Waals surface area contributed by atoms with E-state index in [0.717, 1.165) is 11.1 Å². The third kappa shape index (κ3) is 7.11. The molecular weight excluding hydrogens is 416 g/mol. The van der Waals surface area contributed by atoms with Crippen molar-refractivity contribution in [2.45, 2.75) is 18.6 Å². The number of carbonyl (C=O) groups excluding carboxylic acids is 1. The average molecular weight is 447 g/mol. The van der Waals surface area contributed by atoms with Gasteiger partial charge in [0.25, 0.3) is 0 Å². The van der Waals surface area contributed by atoms with E-state index in [1.54, 1.807) is 40.2 Å². The molecule has 0 fully saturated rings. The van der Waals surface area contributed by atoms with Gasteiger partial charge in [-0.15, -0.1) is 11.8 Å². The summed E-state index contributed by atoms with van der Waals surface area (Å²) in [7, 11) is 6.40. The normalized spacial score (nSPS) is 10.7. The third-order valence-corrected chi connectivity index (χ3v) is 5.31. The second-order valence-electron chi connectivity index (χ2n) is 6.53. The second-order valence-corrected chi connectivity index (χ2v) is 7.43. The van der Waals surface area contributed by atoms with Gasteiger partial charge >= 0.3 is 0 Å². The molecule has 2 aromatic rings. The Kier molecular flexibility index (Phi) is 10.1. The molecule has 0 aliphatic carbocycles. The van der Waals surface area contributed by atoms with Crippen LogP contribution < -0.4 is 30.0 Å². The predicted octanol–water partition coefficient (Wildman–Crippen LogP) is 4.30. The highest BCUT2D eigenvalue weighted by molar-refractivity contribution is 8.01. The minimum atomic E-state index is -0.0767. The van der Waals surface area contributed by atoms with E-state index in [-0.39, 0.29) is 5.91 Å². The molecule has 3 N–H and O–H groups in total. The lowest BCUT2D eigenvalue weighted by molar-refractivity contribution is -0.116. The number of methoxy groups -OCH3 is 4. The van der Waals surface area contributed by atoms with E-state index in [9.17, 15) is 4.79 Å². The first kappa shape index (κ1) is 24.4. The van der Waals surface area contributed by atoms with Crippen molar-refractivity contribution in [3.8, 4) is 23.0 Å². The lowest BCUT2D eigenvalue weighted by Crippen LogP contribution is -2.14. The first-order valence-corrected chi connectivity index (χ1v) is 10.9. The number of thioether (sulfide) groups is 1. The van der Waals surface area contributed by atoms with Gasteiger partial charge in [-0.05, 0) is 42.1 Å². The van der Waals surface area contributed by atoms with Crippen LogP contribution in [0.3, 0.4) is 0 Å². The fourth-order valence-electron chi connectivity index (χ4n) is 2.88. The quantitative estimate of drug-likeness (QED) is 0.502. The van der Waals surface area contributed by atoms with Crippen molar-refractivity contribution in [3.05, 3.63) is 46.9 Å². The Balaban J connectivity index is 2.09. The van der Waals surface area contributed by atoms with E-state index < -0.39 is 0 Å². The van der Waals surface area contributed by atoms with Crippen LogP contribution in [0.2, 0.25) is 0 Å². The van der Waals surface area contributed by atoms with Gasteiger partial charge in [-0.1, -0.05) is 6.07 Å². The molecule has 8 heteroatoms. The van der Waals surface area contributed by atoms with Crippen LogP contribution in [-0.2, 0) is 10.5 Å². The summed E-state index contributed by atoms with van der Waals surface area (Å²) in [5.74, 6) is 3.26. The lowest BCUT2D eigenvalue weighted by atomic mass is 10.1. The molecule has 2 rings (SSSR count). The fourth-order valence-corrected chi connectivity index (χ4v) is 3.58. The number of benzene rings is 2. The molecule has 2 aromatic carbocycles. The van der Waals surface area contributed by atoms with E-state index in [0.29, 0.717) is 53.8 Å². The van der Waals surface area contributed by atoms with Crippen molar-refractivity contribution >= 4 is 29.4 Å². The molecule has 0 unspecified atom stereocenters. The van der Waals surface area contributed by atoms with Crippen molar-refractivity contribution in [2.24, 2.45) is 5.73 Å². The van der Waals surface area contributed by atoms with Gasteiger partial charge in [0.15, 0.2) is 0 Å². The van der Waals surface area contributed by atoms with Gasteiger partial charge in [-0.25, -0.2) is 0 Å². The van der Waals surface area contributed by atoms with Gasteiger partial charge in [0.1, 0.15) is 23.0 Å². The Bertz CT molecular complexity index is 877. The van der Waals surface area contributed by atoms with Crippen LogP contribution in [0.1, 0.15) is 24.0 Å². The van der Waals surface area contributed by atoms with Crippen LogP contribution in [0.5, 0.6) is 23.0 Å². The Labute approximate surface area is 187 Å². The molecule has 0 bridgehead atoms. The number of hydrogen-bond donors (Lipinski definition) is 2. The predicted molar refractivity (Wildman–Crippen MR) is 126 cm³/mol. The summed E-state index contributed by atoms with van der Waals surface area (Å²) in [6.45, 7) is 0.483. The molecule has 0 aromatic heterocycles. The molecule has 1 amide bonds. The van der Waals surface area contributed by atoms with Gasteiger partial charge in [0.2, 0.25) is 5.91 Å². The van der Waals surface area contributed by atoms with Crippen LogP contribution in [0.25, 0.3) is 6.08 Å². The molecule has 0 saturated heterocycles. The number of ether oxygens (including phenoxy) is 4. The van der Waals surface area contributed by atoms with Crippen LogP contribution >= 0.6 is 11.8 Å². The molecule has 168 valence electrons. The standard InChI is InChI=1S/C23H30N2O5S/c1-27-17-13-21(29-3)18(22(14-17)30-4)9-11-31-15-16-7-8-20(28-2)19(12-16)25-23(26)6-5-10-24/h7-9,11-14H,5-6,10,15,24H2,1-4H3,(H,25,26)/b11-9+. The molecule has 0 spiro atoms. The SMILES string of the molecule is COc1cc(OC)c(/C=C/SCc2ccc(OC)c(NC(=O)CCCN)c2)c(OC)c1. The van der Waals surface area contributed by atoms with Crippen LogP contribution in [0.4, 0.5) is 5.69 Å². The third-order valence-electron chi connectivity index (χ3n) is 4.48. The number of carbonyl (C=O) groups is 1. The zero-order chi connectivity index (χ0) is 22.6. The largest absolute Gasteiger partial charge is 0.496 e. The summed E-state index contributed by atoms with van der Waals surface area (Å²) in [6.07, 6.45) is 2.97. The number of anilines is 1. The first-order chi connectivity index (χ1) is 15.1. The summed E-state index contributed by atoms with van der Waals surface area (Å²) in [5.41, 5.74) is 8.02. The smallest absolute Gasteiger partial charge is 0.224 e. The summed E-state index contributed by atoms with van der Waals surface area (Å²) in [5, 5.41) is 4.88. The van der Waals surface area contributed by atoms with Crippen LogP contribution in [0.15, 0.2) is 35.7 Å². The van der Waals surface area contributed by atoms with E-state index in [4.69, 9.17) is 24.7 Å². The zero-order valence-electron chi connectivity index (χ0n) is 18.4. The van der Waals surface area contributed by atoms with E-state index in [1.165, 1.54) is 0 Å². The second kappa shape index (κ2) is 12.8. The van der Waals surface area contributed by atoms with Crippen molar-refractivity contribution in [1.82, 2.24) is 0 Å². The molecule has 31 heavy (non-hydrogen) atoms. The highest BCUT2D eigenvalue weighted by Crippen LogP contribution is 2.36. The van der Waals surface area contributed by atoms with Crippen LogP contribution in [0, 0.1) is 0 Å². The topological polar surface area (TPSA) is 92.0 Å². The molecule has 0 aliphatic heterocycles. The Morgan fingerprint density at radius 3 is 2.26 bits per heavy atom. The average Bonchev–Trinajstić information content (AvgIpc) is 2.80. The molecular formula is C23H30N2O5S. The summed E-state index contributed by atoms with van der Waals surface area (Å²) >= 11 is 1.61. The number of hydrogen-bond acceptors (Lipinski definition) is 7. The van der Waals surface area contributed by atoms with Gasteiger partial charge in [-0.3, -0.25) is 4.79 Å². The monoisotopic (exact) mass is 446 g/mol. The van der Waals surface area contributed by atoms with E-state index >= 15 is 0 Å². The van der Waals surface area contributed by atoms with E-state index in [2.05, 4.69) is 5.32 Å². The Morgan fingerprint density at radius 1 is 1.00 bits per heavy atom. The fraction of sp³-hybridized carbons (Fsp3) is 0.348. The van der Waals surface area contributed by atoms with Crippen molar-refractivity contribution in [3.63, 3.8) is 0 Å². The van der Waals surface area contributed by atoms with Crippen LogP contribution in [-0.4, -0.2) is 40.9 Å². The maximum Gasteiger partial charge on any atom is 0.224 e. The van der Waals surface area contributed by atoms with Crippen molar-refractivity contribution < 1.29 is 23.7 Å². The molecule has 0 saturated carbocycles. The summed E-state index contributed by atoms with van der Waals surface area (Å²) in [6, 6.07) is 9.39. The minimum absolute atomic E-state index is 0.0767. The van der Waals surface area contributed by atoms with Gasteiger partial charge in [-0.2, -0.15) is 0 Å². The van der Waals surface area contributed by atoms with Crippen molar-refractivity contribution in [2.75, 3.05) is 40.3 Å². The Hall–Kier alpha value is -2.84. The van der Waals surface area contributed by atoms with Gasteiger partial charge < -0.3 is 30.0 Å². The maximum absolute atomic E-state index is 12.1. The Morgan fingerprint density at radius 2 is 1.68 bits per heavy atom. The molecule has 0 heterocycles. The molecule has 0 radical (unpaired) electrons. The summed E-state index contributed by atoms with van der Waals surface area (Å²) < 4.78 is 21.6. The minimum Gasteiger partial charge on any atom is -0.496 e. The highest BCUT2D eigenvalue weighted by Gasteiger charge is 2.11. The van der Waals surface area contributed by atoms with Gasteiger partial charge in [0, 0.05) is 24.3 Å². The molecule has 7 nitrogen and oxygen atoms in total. The van der Waals surface area contributed by atoms with E-state index in [1.807, 2.05) is 41.8 Å². The van der Waals surface area contributed by atoms with Crippen molar-refractivity contribution in [1.29, 1.82) is 0 Å². The number of rotatable bonds is 12. The first-order valence-electron chi connectivity index (χ1n) is 9.81. The lowest BCUT2D eigenvalue weighted by Gasteiger charge is -2.13. The number of amides is 1.